The first kappa shape index (κ1) is 16.1. The van der Waals surface area contributed by atoms with Crippen molar-refractivity contribution in [2.75, 3.05) is 6.86 Å². The number of ether oxygens (including phenoxy) is 1. The van der Waals surface area contributed by atoms with Crippen LogP contribution in [0.5, 0.6) is 5.75 Å². The van der Waals surface area contributed by atoms with Crippen molar-refractivity contribution in [3.05, 3.63) is 59.5 Å². The number of pyridine rings is 1. The molecule has 0 aliphatic heterocycles. The molecule has 0 spiro atoms. The highest BCUT2D eigenvalue weighted by Gasteiger charge is 2.15. The number of nitrogens with one attached hydrogen (secondary N) is 1. The van der Waals surface area contributed by atoms with Crippen LogP contribution < -0.4 is 10.3 Å². The van der Waals surface area contributed by atoms with Crippen LogP contribution in [-0.4, -0.2) is 31.2 Å². The number of H-pyrrole nitrogens is 1. The molecule has 1 N–H and O–H groups in total. The fourth-order valence-electron chi connectivity index (χ4n) is 2.88. The molecule has 26 heavy (non-hydrogen) atoms. The van der Waals surface area contributed by atoms with Crippen LogP contribution in [0.25, 0.3) is 27.8 Å². The molecule has 0 fully saturated rings. The Kier molecular flexibility index (Phi) is 4.00. The van der Waals surface area contributed by atoms with Gasteiger partial charge in [-0.15, -0.1) is 0 Å². The van der Waals surface area contributed by atoms with Crippen molar-refractivity contribution in [1.29, 1.82) is 0 Å². The van der Waals surface area contributed by atoms with Gasteiger partial charge in [0.1, 0.15) is 5.75 Å². The zero-order chi connectivity index (χ0) is 18.1. The molecule has 0 aliphatic rings. The maximum Gasteiger partial charge on any atom is 0.283 e. The molecule has 0 aliphatic carbocycles. The number of aryl methyl sites for hydroxylation is 1. The van der Waals surface area contributed by atoms with E-state index in [1.54, 1.807) is 36.7 Å². The number of benzene rings is 1. The summed E-state index contributed by atoms with van der Waals surface area (Å²) in [5.41, 5.74) is 3.10. The average molecular weight is 353 g/mol. The molecule has 0 radical (unpaired) electrons. The van der Waals surface area contributed by atoms with E-state index in [-0.39, 0.29) is 5.56 Å². The topological polar surface area (TPSA) is 77.7 Å². The van der Waals surface area contributed by atoms with Gasteiger partial charge in [0.05, 0.1) is 18.0 Å². The van der Waals surface area contributed by atoms with Crippen molar-refractivity contribution in [3.8, 4) is 22.6 Å². The Morgan fingerprint density at radius 3 is 2.73 bits per heavy atom. The van der Waals surface area contributed by atoms with Gasteiger partial charge in [0.2, 0.25) is 6.86 Å². The van der Waals surface area contributed by atoms with Gasteiger partial charge in [0, 0.05) is 35.8 Å². The molecule has 7 nitrogen and oxygen atoms in total. The Balaban J connectivity index is 1.90. The molecular formula is C18H16FN5O2. The first-order valence-corrected chi connectivity index (χ1v) is 8.12. The highest BCUT2D eigenvalue weighted by atomic mass is 19.1. The second-order valence-electron chi connectivity index (χ2n) is 5.68. The molecular weight excluding hydrogens is 337 g/mol. The zero-order valence-corrected chi connectivity index (χ0v) is 14.0. The number of hydrogen-bond donors (Lipinski definition) is 1. The lowest BCUT2D eigenvalue weighted by molar-refractivity contribution is 0.192. The number of aromatic amines is 1. The molecule has 0 saturated heterocycles. The minimum Gasteiger partial charge on any atom is -0.463 e. The van der Waals surface area contributed by atoms with E-state index >= 15 is 0 Å². The number of fused-ring (bicyclic) bond motifs is 1. The highest BCUT2D eigenvalue weighted by molar-refractivity contribution is 5.90. The maximum absolute atomic E-state index is 12.8. The van der Waals surface area contributed by atoms with Crippen molar-refractivity contribution in [2.24, 2.45) is 0 Å². The van der Waals surface area contributed by atoms with Gasteiger partial charge < -0.3 is 9.72 Å². The van der Waals surface area contributed by atoms with Crippen molar-refractivity contribution >= 4 is 11.0 Å². The Hall–Kier alpha value is -3.42. The summed E-state index contributed by atoms with van der Waals surface area (Å²) in [7, 11) is 0. The van der Waals surface area contributed by atoms with Crippen LogP contribution in [0.4, 0.5) is 4.39 Å². The molecule has 4 rings (SSSR count). The van der Waals surface area contributed by atoms with Gasteiger partial charge in [-0.2, -0.15) is 5.10 Å². The maximum atomic E-state index is 12.8. The minimum absolute atomic E-state index is 0.243. The molecule has 0 atom stereocenters. The van der Waals surface area contributed by atoms with Crippen molar-refractivity contribution in [1.82, 2.24) is 24.3 Å². The van der Waals surface area contributed by atoms with Gasteiger partial charge in [-0.1, -0.05) is 0 Å². The summed E-state index contributed by atoms with van der Waals surface area (Å²) >= 11 is 0. The molecule has 0 bridgehead atoms. The fraction of sp³-hybridized carbons (Fsp3) is 0.167. The number of rotatable bonds is 5. The van der Waals surface area contributed by atoms with Crippen LogP contribution in [0, 0.1) is 0 Å². The number of nitrogens with zero attached hydrogens (tertiary/aromatic N) is 4. The van der Waals surface area contributed by atoms with E-state index in [0.717, 1.165) is 17.7 Å². The third-order valence-electron chi connectivity index (χ3n) is 4.19. The molecule has 3 heterocycles. The summed E-state index contributed by atoms with van der Waals surface area (Å²) < 4.78 is 20.4. The molecule has 0 amide bonds. The average Bonchev–Trinajstić information content (AvgIpc) is 3.33. The second kappa shape index (κ2) is 6.47. The lowest BCUT2D eigenvalue weighted by Crippen LogP contribution is -2.18. The van der Waals surface area contributed by atoms with E-state index in [2.05, 4.69) is 15.1 Å². The smallest absolute Gasteiger partial charge is 0.283 e. The largest absolute Gasteiger partial charge is 0.463 e. The normalized spacial score (nSPS) is 11.2. The Morgan fingerprint density at radius 1 is 1.23 bits per heavy atom. The van der Waals surface area contributed by atoms with E-state index in [0.29, 0.717) is 22.5 Å². The Bertz CT molecular complexity index is 1110. The van der Waals surface area contributed by atoms with E-state index in [1.807, 2.05) is 17.8 Å². The van der Waals surface area contributed by atoms with E-state index in [1.165, 1.54) is 10.9 Å². The highest BCUT2D eigenvalue weighted by Crippen LogP contribution is 2.26. The van der Waals surface area contributed by atoms with Gasteiger partial charge >= 0.3 is 0 Å². The molecule has 132 valence electrons. The van der Waals surface area contributed by atoms with Crippen LogP contribution in [-0.2, 0) is 6.54 Å². The molecule has 1 aromatic carbocycles. The van der Waals surface area contributed by atoms with Gasteiger partial charge in [-0.25, -0.2) is 9.37 Å². The first-order valence-electron chi connectivity index (χ1n) is 8.12. The SMILES string of the molecule is CCn1cc(-c2cn(-c3ccc(OCF)cc3)c(=O)c3nc[nH]c23)cn1. The summed E-state index contributed by atoms with van der Waals surface area (Å²) in [5.74, 6) is 0.398. The van der Waals surface area contributed by atoms with Gasteiger partial charge in [0.25, 0.3) is 5.56 Å². The molecule has 0 saturated carbocycles. The number of alkyl halides is 1. The lowest BCUT2D eigenvalue weighted by atomic mass is 10.1. The van der Waals surface area contributed by atoms with Crippen LogP contribution in [0.15, 0.2) is 54.0 Å². The van der Waals surface area contributed by atoms with Crippen LogP contribution >= 0.6 is 0 Å². The molecule has 3 aromatic heterocycles. The number of imidazole rings is 1. The van der Waals surface area contributed by atoms with E-state index < -0.39 is 6.86 Å². The number of aromatic nitrogens is 5. The third kappa shape index (κ3) is 2.65. The molecule has 0 unspecified atom stereocenters. The minimum atomic E-state index is -0.899. The van der Waals surface area contributed by atoms with Crippen molar-refractivity contribution in [2.45, 2.75) is 13.5 Å². The van der Waals surface area contributed by atoms with Gasteiger partial charge in [-0.3, -0.25) is 14.0 Å². The number of halogens is 1. The Labute approximate surface area is 147 Å². The summed E-state index contributed by atoms with van der Waals surface area (Å²) in [4.78, 5) is 20.0. The van der Waals surface area contributed by atoms with E-state index in [9.17, 15) is 9.18 Å². The second-order valence-corrected chi connectivity index (χ2v) is 5.68. The zero-order valence-electron chi connectivity index (χ0n) is 14.0. The van der Waals surface area contributed by atoms with Gasteiger partial charge in [0.15, 0.2) is 5.52 Å². The predicted molar refractivity (Wildman–Crippen MR) is 95.2 cm³/mol. The van der Waals surface area contributed by atoms with Crippen LogP contribution in [0.3, 0.4) is 0 Å². The molecule has 8 heteroatoms. The summed E-state index contributed by atoms with van der Waals surface area (Å²) in [5, 5.41) is 4.30. The first-order chi connectivity index (χ1) is 12.7. The quantitative estimate of drug-likeness (QED) is 0.598. The summed E-state index contributed by atoms with van der Waals surface area (Å²) in [6.07, 6.45) is 6.93. The lowest BCUT2D eigenvalue weighted by Gasteiger charge is -2.10. The van der Waals surface area contributed by atoms with Crippen LogP contribution in [0.2, 0.25) is 0 Å². The Morgan fingerprint density at radius 2 is 2.04 bits per heavy atom. The van der Waals surface area contributed by atoms with Crippen molar-refractivity contribution < 1.29 is 9.13 Å². The predicted octanol–water partition coefficient (Wildman–Crippen LogP) is 2.90. The summed E-state index contributed by atoms with van der Waals surface area (Å²) in [6, 6.07) is 6.63. The summed E-state index contributed by atoms with van der Waals surface area (Å²) in [6.45, 7) is 1.86. The van der Waals surface area contributed by atoms with Crippen molar-refractivity contribution in [3.63, 3.8) is 0 Å². The standard InChI is InChI=1S/C18H16FN5O2/c1-2-23-8-12(7-22-23)15-9-24(18(25)17-16(15)20-11-21-17)13-3-5-14(6-4-13)26-10-19/h3-9,11H,2,10H2,1H3,(H,20,21). The molecule has 4 aromatic rings. The van der Waals surface area contributed by atoms with Gasteiger partial charge in [-0.05, 0) is 31.2 Å². The number of hydrogen-bond acceptors (Lipinski definition) is 4. The van der Waals surface area contributed by atoms with Crippen LogP contribution in [0.1, 0.15) is 6.92 Å². The monoisotopic (exact) mass is 353 g/mol. The van der Waals surface area contributed by atoms with E-state index in [4.69, 9.17) is 4.74 Å². The fourth-order valence-corrected chi connectivity index (χ4v) is 2.88. The third-order valence-corrected chi connectivity index (χ3v) is 4.19.